The number of unbranched alkanes of at least 4 members (excludes halogenated alkanes) is 6. The Balaban J connectivity index is 3.27. The number of carbonyl (C=O) groups excluding carboxylic acids is 2. The van der Waals surface area contributed by atoms with Crippen molar-refractivity contribution in [1.29, 1.82) is 0 Å². The largest absolute Gasteiger partial charge is 0.390 e. The van der Waals surface area contributed by atoms with Crippen molar-refractivity contribution in [2.75, 3.05) is 0 Å². The van der Waals surface area contributed by atoms with Crippen molar-refractivity contribution >= 4 is 11.9 Å². The van der Waals surface area contributed by atoms with Crippen LogP contribution in [-0.4, -0.2) is 11.9 Å². The molecular formula is C14H22O3. The summed E-state index contributed by atoms with van der Waals surface area (Å²) in [4.78, 5) is 21.8. The van der Waals surface area contributed by atoms with Gasteiger partial charge in [0.05, 0.1) is 0 Å². The van der Waals surface area contributed by atoms with Gasteiger partial charge in [0.2, 0.25) is 0 Å². The number of carbonyl (C=O) groups is 2. The molecular weight excluding hydrogens is 216 g/mol. The summed E-state index contributed by atoms with van der Waals surface area (Å²) in [5.41, 5.74) is 0. The summed E-state index contributed by atoms with van der Waals surface area (Å²) < 4.78 is 4.45. The topological polar surface area (TPSA) is 43.4 Å². The van der Waals surface area contributed by atoms with E-state index in [0.717, 1.165) is 31.8 Å². The molecule has 0 amide bonds. The van der Waals surface area contributed by atoms with Crippen LogP contribution >= 0.6 is 0 Å². The monoisotopic (exact) mass is 238 g/mol. The van der Waals surface area contributed by atoms with E-state index in [1.807, 2.05) is 6.08 Å². The van der Waals surface area contributed by atoms with Gasteiger partial charge in [-0.25, -0.2) is 4.79 Å². The number of hydrogen-bond acceptors (Lipinski definition) is 3. The first-order valence-corrected chi connectivity index (χ1v) is 6.18. The molecule has 0 aliphatic rings. The molecule has 0 heterocycles. The maximum Gasteiger partial charge on any atom is 0.337 e. The van der Waals surface area contributed by atoms with E-state index in [2.05, 4.69) is 17.9 Å². The normalized spacial score (nSPS) is 9.65. The van der Waals surface area contributed by atoms with Gasteiger partial charge < -0.3 is 4.74 Å². The molecule has 0 bridgehead atoms. The molecule has 0 fully saturated rings. The molecule has 0 unspecified atom stereocenters. The molecule has 3 nitrogen and oxygen atoms in total. The Labute approximate surface area is 104 Å². The first-order chi connectivity index (χ1) is 8.20. The van der Waals surface area contributed by atoms with Crippen LogP contribution in [-0.2, 0) is 14.3 Å². The van der Waals surface area contributed by atoms with Crippen LogP contribution in [0.4, 0.5) is 0 Å². The fourth-order valence-corrected chi connectivity index (χ4v) is 1.47. The average molecular weight is 238 g/mol. The number of ether oxygens (including phenoxy) is 1. The predicted molar refractivity (Wildman–Crippen MR) is 68.4 cm³/mol. The van der Waals surface area contributed by atoms with E-state index in [1.165, 1.54) is 19.3 Å². The van der Waals surface area contributed by atoms with E-state index in [0.29, 0.717) is 6.42 Å². The van der Waals surface area contributed by atoms with E-state index in [-0.39, 0.29) is 0 Å². The molecule has 0 saturated heterocycles. The highest BCUT2D eigenvalue weighted by molar-refractivity contribution is 5.91. The van der Waals surface area contributed by atoms with Crippen LogP contribution in [0.1, 0.15) is 51.4 Å². The summed E-state index contributed by atoms with van der Waals surface area (Å²) in [5.74, 6) is -1.12. The summed E-state index contributed by atoms with van der Waals surface area (Å²) in [6.07, 6.45) is 10.8. The lowest BCUT2D eigenvalue weighted by Gasteiger charge is -2.01. The van der Waals surface area contributed by atoms with Crippen molar-refractivity contribution in [3.05, 3.63) is 25.3 Å². The molecule has 17 heavy (non-hydrogen) atoms. The van der Waals surface area contributed by atoms with Crippen molar-refractivity contribution in [2.45, 2.75) is 51.4 Å². The third-order valence-electron chi connectivity index (χ3n) is 2.42. The maximum absolute atomic E-state index is 11.1. The lowest BCUT2D eigenvalue weighted by molar-refractivity contribution is -0.156. The highest BCUT2D eigenvalue weighted by atomic mass is 16.6. The SMILES string of the molecule is C=CCCCCCCCCC(=O)OC(=O)C=C. The quantitative estimate of drug-likeness (QED) is 0.192. The van der Waals surface area contributed by atoms with Gasteiger partial charge in [-0.3, -0.25) is 4.79 Å². The summed E-state index contributed by atoms with van der Waals surface area (Å²) >= 11 is 0. The van der Waals surface area contributed by atoms with Crippen LogP contribution < -0.4 is 0 Å². The Hall–Kier alpha value is -1.38. The third-order valence-corrected chi connectivity index (χ3v) is 2.42. The summed E-state index contributed by atoms with van der Waals surface area (Å²) in [6.45, 7) is 6.90. The van der Waals surface area contributed by atoms with Gasteiger partial charge in [-0.2, -0.15) is 0 Å². The van der Waals surface area contributed by atoms with Crippen molar-refractivity contribution in [2.24, 2.45) is 0 Å². The minimum atomic E-state index is -0.667. The van der Waals surface area contributed by atoms with Crippen LogP contribution in [0.2, 0.25) is 0 Å². The number of rotatable bonds is 10. The molecule has 0 aromatic carbocycles. The van der Waals surface area contributed by atoms with Crippen LogP contribution in [0.15, 0.2) is 25.3 Å². The molecule has 0 aliphatic heterocycles. The van der Waals surface area contributed by atoms with Gasteiger partial charge in [0.15, 0.2) is 0 Å². The first kappa shape index (κ1) is 15.6. The zero-order chi connectivity index (χ0) is 12.9. The highest BCUT2D eigenvalue weighted by Gasteiger charge is 2.06. The Kier molecular flexibility index (Phi) is 10.2. The fraction of sp³-hybridized carbons (Fsp3) is 0.571. The van der Waals surface area contributed by atoms with Gasteiger partial charge in [-0.15, -0.1) is 6.58 Å². The van der Waals surface area contributed by atoms with Crippen LogP contribution in [0, 0.1) is 0 Å². The lowest BCUT2D eigenvalue weighted by atomic mass is 10.1. The number of hydrogen-bond donors (Lipinski definition) is 0. The van der Waals surface area contributed by atoms with Gasteiger partial charge >= 0.3 is 11.9 Å². The van der Waals surface area contributed by atoms with Crippen LogP contribution in [0.5, 0.6) is 0 Å². The number of allylic oxidation sites excluding steroid dienone is 1. The smallest absolute Gasteiger partial charge is 0.337 e. The standard InChI is InChI=1S/C14H22O3/c1-3-5-6-7-8-9-10-11-12-14(16)17-13(15)4-2/h3-4H,1-2,5-12H2. The molecule has 0 spiro atoms. The second-order valence-electron chi connectivity index (χ2n) is 3.95. The van der Waals surface area contributed by atoms with Gasteiger partial charge in [-0.05, 0) is 19.3 Å². The highest BCUT2D eigenvalue weighted by Crippen LogP contribution is 2.09. The second-order valence-corrected chi connectivity index (χ2v) is 3.95. The average Bonchev–Trinajstić information content (AvgIpc) is 2.32. The van der Waals surface area contributed by atoms with Gasteiger partial charge in [0.1, 0.15) is 0 Å². The number of esters is 2. The molecule has 0 rings (SSSR count). The summed E-state index contributed by atoms with van der Waals surface area (Å²) in [5, 5.41) is 0. The van der Waals surface area contributed by atoms with Gasteiger partial charge in [-0.1, -0.05) is 38.3 Å². The van der Waals surface area contributed by atoms with Gasteiger partial charge in [0, 0.05) is 12.5 Å². The molecule has 3 heteroatoms. The van der Waals surface area contributed by atoms with Crippen molar-refractivity contribution in [1.82, 2.24) is 0 Å². The van der Waals surface area contributed by atoms with Crippen molar-refractivity contribution in [3.8, 4) is 0 Å². The van der Waals surface area contributed by atoms with E-state index in [4.69, 9.17) is 0 Å². The summed E-state index contributed by atoms with van der Waals surface area (Å²) in [7, 11) is 0. The molecule has 0 aromatic rings. The van der Waals surface area contributed by atoms with E-state index in [1.54, 1.807) is 0 Å². The third kappa shape index (κ3) is 10.9. The van der Waals surface area contributed by atoms with E-state index in [9.17, 15) is 9.59 Å². The van der Waals surface area contributed by atoms with Crippen LogP contribution in [0.3, 0.4) is 0 Å². The Morgan fingerprint density at radius 3 is 2.12 bits per heavy atom. The lowest BCUT2D eigenvalue weighted by Crippen LogP contribution is -2.09. The Morgan fingerprint density at radius 1 is 0.941 bits per heavy atom. The Bertz CT molecular complexity index is 256. The zero-order valence-corrected chi connectivity index (χ0v) is 10.5. The molecule has 0 aromatic heterocycles. The molecule has 0 atom stereocenters. The molecule has 0 aliphatic carbocycles. The minimum absolute atomic E-state index is 0.312. The zero-order valence-electron chi connectivity index (χ0n) is 10.5. The molecule has 0 radical (unpaired) electrons. The Morgan fingerprint density at radius 2 is 1.53 bits per heavy atom. The van der Waals surface area contributed by atoms with E-state index >= 15 is 0 Å². The predicted octanol–water partition coefficient (Wildman–Crippen LogP) is 3.55. The minimum Gasteiger partial charge on any atom is -0.390 e. The fourth-order valence-electron chi connectivity index (χ4n) is 1.47. The first-order valence-electron chi connectivity index (χ1n) is 6.18. The second kappa shape index (κ2) is 11.1. The van der Waals surface area contributed by atoms with Crippen molar-refractivity contribution < 1.29 is 14.3 Å². The van der Waals surface area contributed by atoms with Crippen molar-refractivity contribution in [3.63, 3.8) is 0 Å². The summed E-state index contributed by atoms with van der Waals surface area (Å²) in [6, 6.07) is 0. The maximum atomic E-state index is 11.1. The van der Waals surface area contributed by atoms with Crippen LogP contribution in [0.25, 0.3) is 0 Å². The van der Waals surface area contributed by atoms with E-state index < -0.39 is 11.9 Å². The molecule has 0 saturated carbocycles. The van der Waals surface area contributed by atoms with Gasteiger partial charge in [0.25, 0.3) is 0 Å². The molecule has 0 N–H and O–H groups in total. The molecule has 96 valence electrons.